The molecule has 0 unspecified atom stereocenters. The minimum absolute atomic E-state index is 0.338. The van der Waals surface area contributed by atoms with Crippen LogP contribution in [0.4, 0.5) is 0 Å². The SMILES string of the molecule is CS(=O)(=O)c1ccc(C2=CC3(C=C2)CC3)cc1. The van der Waals surface area contributed by atoms with E-state index in [9.17, 15) is 8.42 Å². The molecule has 0 saturated heterocycles. The Morgan fingerprint density at radius 3 is 2.24 bits per heavy atom. The Balaban J connectivity index is 1.94. The Morgan fingerprint density at radius 1 is 1.12 bits per heavy atom. The molecule has 0 amide bonds. The van der Waals surface area contributed by atoms with Gasteiger partial charge >= 0.3 is 0 Å². The van der Waals surface area contributed by atoms with E-state index in [0.717, 1.165) is 5.56 Å². The van der Waals surface area contributed by atoms with Crippen LogP contribution in [-0.2, 0) is 9.84 Å². The molecule has 1 spiro atoms. The fourth-order valence-corrected chi connectivity index (χ4v) is 2.82. The molecule has 0 heterocycles. The molecule has 1 aromatic carbocycles. The average molecular weight is 246 g/mol. The van der Waals surface area contributed by atoms with Crippen molar-refractivity contribution in [3.05, 3.63) is 48.1 Å². The summed E-state index contributed by atoms with van der Waals surface area (Å²) in [6.07, 6.45) is 10.4. The minimum atomic E-state index is -3.09. The van der Waals surface area contributed by atoms with Crippen molar-refractivity contribution in [2.75, 3.05) is 6.26 Å². The summed E-state index contributed by atoms with van der Waals surface area (Å²) in [6.45, 7) is 0. The van der Waals surface area contributed by atoms with Crippen molar-refractivity contribution in [3.63, 3.8) is 0 Å². The van der Waals surface area contributed by atoms with Crippen molar-refractivity contribution in [2.24, 2.45) is 5.41 Å². The maximum absolute atomic E-state index is 11.3. The normalized spacial score (nSPS) is 20.6. The van der Waals surface area contributed by atoms with Crippen LogP contribution in [0.25, 0.3) is 5.57 Å². The zero-order chi connectivity index (χ0) is 12.1. The monoisotopic (exact) mass is 246 g/mol. The van der Waals surface area contributed by atoms with Crippen molar-refractivity contribution in [2.45, 2.75) is 17.7 Å². The molecule has 1 saturated carbocycles. The molecule has 0 aliphatic heterocycles. The van der Waals surface area contributed by atoms with Crippen LogP contribution in [0.2, 0.25) is 0 Å². The van der Waals surface area contributed by atoms with Crippen LogP contribution < -0.4 is 0 Å². The Labute approximate surface area is 102 Å². The molecule has 0 N–H and O–H groups in total. The van der Waals surface area contributed by atoms with Gasteiger partial charge in [0.25, 0.3) is 0 Å². The fraction of sp³-hybridized carbons (Fsp3) is 0.286. The number of sulfone groups is 1. The van der Waals surface area contributed by atoms with Gasteiger partial charge in [-0.3, -0.25) is 0 Å². The second kappa shape index (κ2) is 3.33. The van der Waals surface area contributed by atoms with E-state index >= 15 is 0 Å². The van der Waals surface area contributed by atoms with Gasteiger partial charge in [-0.2, -0.15) is 0 Å². The summed E-state index contributed by atoms with van der Waals surface area (Å²) in [5, 5.41) is 0. The third-order valence-corrected chi connectivity index (χ3v) is 4.61. The number of hydrogen-bond acceptors (Lipinski definition) is 2. The number of benzene rings is 1. The van der Waals surface area contributed by atoms with Crippen LogP contribution >= 0.6 is 0 Å². The first kappa shape index (κ1) is 10.8. The van der Waals surface area contributed by atoms with Crippen LogP contribution in [0.15, 0.2) is 47.4 Å². The van der Waals surface area contributed by atoms with Gasteiger partial charge in [0.15, 0.2) is 9.84 Å². The van der Waals surface area contributed by atoms with Crippen molar-refractivity contribution in [1.82, 2.24) is 0 Å². The molecule has 0 atom stereocenters. The summed E-state index contributed by atoms with van der Waals surface area (Å²) in [5.74, 6) is 0. The predicted molar refractivity (Wildman–Crippen MR) is 68.3 cm³/mol. The van der Waals surface area contributed by atoms with Gasteiger partial charge in [0.2, 0.25) is 0 Å². The van der Waals surface area contributed by atoms with E-state index in [4.69, 9.17) is 0 Å². The molecule has 0 bridgehead atoms. The molecule has 3 rings (SSSR count). The van der Waals surface area contributed by atoms with Gasteiger partial charge in [-0.1, -0.05) is 30.4 Å². The first-order valence-electron chi connectivity index (χ1n) is 5.71. The maximum atomic E-state index is 11.3. The highest BCUT2D eigenvalue weighted by molar-refractivity contribution is 7.90. The highest BCUT2D eigenvalue weighted by Gasteiger charge is 2.40. The summed E-state index contributed by atoms with van der Waals surface area (Å²) in [6, 6.07) is 7.12. The van der Waals surface area contributed by atoms with Crippen molar-refractivity contribution in [3.8, 4) is 0 Å². The lowest BCUT2D eigenvalue weighted by Gasteiger charge is -2.02. The van der Waals surface area contributed by atoms with Crippen LogP contribution in [0.3, 0.4) is 0 Å². The smallest absolute Gasteiger partial charge is 0.175 e. The third kappa shape index (κ3) is 1.95. The van der Waals surface area contributed by atoms with Gasteiger partial charge in [-0.05, 0) is 36.1 Å². The number of rotatable bonds is 2. The van der Waals surface area contributed by atoms with Gasteiger partial charge in [-0.15, -0.1) is 0 Å². The summed E-state index contributed by atoms with van der Waals surface area (Å²) in [7, 11) is -3.09. The molecule has 2 aliphatic carbocycles. The van der Waals surface area contributed by atoms with E-state index < -0.39 is 9.84 Å². The molecule has 88 valence electrons. The third-order valence-electron chi connectivity index (χ3n) is 3.48. The highest BCUT2D eigenvalue weighted by atomic mass is 32.2. The topological polar surface area (TPSA) is 34.1 Å². The molecule has 2 aliphatic rings. The van der Waals surface area contributed by atoms with Gasteiger partial charge in [0.1, 0.15) is 0 Å². The largest absolute Gasteiger partial charge is 0.224 e. The molecule has 0 aromatic heterocycles. The van der Waals surface area contributed by atoms with Crippen molar-refractivity contribution >= 4 is 15.4 Å². The van der Waals surface area contributed by atoms with E-state index in [1.165, 1.54) is 24.7 Å². The van der Waals surface area contributed by atoms with E-state index in [-0.39, 0.29) is 0 Å². The Hall–Kier alpha value is -1.35. The molecule has 0 radical (unpaired) electrons. The molecular weight excluding hydrogens is 232 g/mol. The summed E-state index contributed by atoms with van der Waals surface area (Å²) in [5.41, 5.74) is 2.64. The number of hydrogen-bond donors (Lipinski definition) is 0. The predicted octanol–water partition coefficient (Wildman–Crippen LogP) is 2.82. The lowest BCUT2D eigenvalue weighted by Crippen LogP contribution is -1.96. The standard InChI is InChI=1S/C14H14O2S/c1-17(15,16)13-4-2-11(3-5-13)12-6-7-14(10-12)8-9-14/h2-7,10H,8-9H2,1H3. The van der Waals surface area contributed by atoms with Crippen LogP contribution in [0.1, 0.15) is 18.4 Å². The first-order valence-corrected chi connectivity index (χ1v) is 7.60. The lowest BCUT2D eigenvalue weighted by molar-refractivity contribution is 0.602. The highest BCUT2D eigenvalue weighted by Crippen LogP contribution is 2.53. The zero-order valence-corrected chi connectivity index (χ0v) is 10.5. The molecule has 2 nitrogen and oxygen atoms in total. The summed E-state index contributed by atoms with van der Waals surface area (Å²) >= 11 is 0. The van der Waals surface area contributed by atoms with Crippen molar-refractivity contribution < 1.29 is 8.42 Å². The molecule has 1 fully saturated rings. The Kier molecular flexibility index (Phi) is 2.11. The Bertz CT molecular complexity index is 615. The van der Waals surface area contributed by atoms with Crippen LogP contribution in [0, 0.1) is 5.41 Å². The second-order valence-corrected chi connectivity index (χ2v) is 6.98. The number of allylic oxidation sites excluding steroid dienone is 4. The first-order chi connectivity index (χ1) is 7.99. The van der Waals surface area contributed by atoms with Gasteiger partial charge in [0, 0.05) is 11.7 Å². The minimum Gasteiger partial charge on any atom is -0.224 e. The van der Waals surface area contributed by atoms with E-state index in [1.54, 1.807) is 12.1 Å². The summed E-state index contributed by atoms with van der Waals surface area (Å²) in [4.78, 5) is 0.380. The average Bonchev–Trinajstić information content (AvgIpc) is 2.88. The van der Waals surface area contributed by atoms with Crippen LogP contribution in [0.5, 0.6) is 0 Å². The van der Waals surface area contributed by atoms with Gasteiger partial charge in [-0.25, -0.2) is 8.42 Å². The fourth-order valence-electron chi connectivity index (χ4n) is 2.19. The molecule has 3 heteroatoms. The molecule has 17 heavy (non-hydrogen) atoms. The van der Waals surface area contributed by atoms with Gasteiger partial charge in [0.05, 0.1) is 4.90 Å². The second-order valence-electron chi connectivity index (χ2n) is 4.96. The molecule has 1 aromatic rings. The van der Waals surface area contributed by atoms with E-state index in [0.29, 0.717) is 10.3 Å². The quantitative estimate of drug-likeness (QED) is 0.804. The van der Waals surface area contributed by atoms with E-state index in [2.05, 4.69) is 18.2 Å². The summed E-state index contributed by atoms with van der Waals surface area (Å²) < 4.78 is 22.7. The lowest BCUT2D eigenvalue weighted by atomic mass is 10.1. The Morgan fingerprint density at radius 2 is 1.76 bits per heavy atom. The van der Waals surface area contributed by atoms with Gasteiger partial charge < -0.3 is 0 Å². The van der Waals surface area contributed by atoms with E-state index in [1.807, 2.05) is 12.1 Å². The maximum Gasteiger partial charge on any atom is 0.175 e. The zero-order valence-electron chi connectivity index (χ0n) is 9.68. The molecular formula is C14H14O2S. The van der Waals surface area contributed by atoms with Crippen LogP contribution in [-0.4, -0.2) is 14.7 Å². The van der Waals surface area contributed by atoms with Crippen molar-refractivity contribution in [1.29, 1.82) is 0 Å².